The summed E-state index contributed by atoms with van der Waals surface area (Å²) in [4.78, 5) is 26.9. The van der Waals surface area contributed by atoms with Crippen LogP contribution in [0.2, 0.25) is 0 Å². The van der Waals surface area contributed by atoms with E-state index < -0.39 is 0 Å². The lowest BCUT2D eigenvalue weighted by Crippen LogP contribution is -2.43. The lowest BCUT2D eigenvalue weighted by atomic mass is 9.96. The van der Waals surface area contributed by atoms with Gasteiger partial charge in [-0.25, -0.2) is 0 Å². The Kier molecular flexibility index (Phi) is 7.25. The van der Waals surface area contributed by atoms with Crippen LogP contribution < -0.4 is 11.1 Å². The van der Waals surface area contributed by atoms with Gasteiger partial charge in [0.2, 0.25) is 0 Å². The van der Waals surface area contributed by atoms with Crippen LogP contribution in [-0.2, 0) is 0 Å². The molecule has 5 nitrogen and oxygen atoms in total. The topological polar surface area (TPSA) is 75.4 Å². The van der Waals surface area contributed by atoms with E-state index in [4.69, 9.17) is 5.73 Å². The lowest BCUT2D eigenvalue weighted by Gasteiger charge is -2.33. The maximum absolute atomic E-state index is 12.9. The van der Waals surface area contributed by atoms with Crippen molar-refractivity contribution in [3.8, 4) is 0 Å². The third-order valence-corrected chi connectivity index (χ3v) is 4.89. The molecule has 0 saturated carbocycles. The molecule has 0 radical (unpaired) electrons. The third-order valence-electron chi connectivity index (χ3n) is 4.89. The van der Waals surface area contributed by atoms with E-state index in [0.29, 0.717) is 29.9 Å². The van der Waals surface area contributed by atoms with Crippen molar-refractivity contribution >= 4 is 29.9 Å². The second-order valence-electron chi connectivity index (χ2n) is 6.91. The second-order valence-corrected chi connectivity index (χ2v) is 6.91. The second kappa shape index (κ2) is 9.42. The fraction of sp³-hybridized carbons (Fsp3) is 0.333. The molecule has 1 aliphatic heterocycles. The van der Waals surface area contributed by atoms with Gasteiger partial charge in [-0.1, -0.05) is 24.3 Å². The molecule has 27 heavy (non-hydrogen) atoms. The Morgan fingerprint density at radius 3 is 2.67 bits per heavy atom. The normalized spacial score (nSPS) is 16.3. The molecule has 3 N–H and O–H groups in total. The Labute approximate surface area is 166 Å². The third kappa shape index (κ3) is 5.23. The van der Waals surface area contributed by atoms with Gasteiger partial charge < -0.3 is 16.0 Å². The van der Waals surface area contributed by atoms with E-state index in [2.05, 4.69) is 5.32 Å². The van der Waals surface area contributed by atoms with E-state index in [9.17, 15) is 9.59 Å². The Balaban J connectivity index is 0.00000261. The molecule has 3 rings (SSSR count). The Bertz CT molecular complexity index is 795. The molecule has 0 bridgehead atoms. The molecule has 144 valence electrons. The minimum atomic E-state index is -0.0688. The minimum absolute atomic E-state index is 0. The SMILES string of the molecule is Cc1ccc(N)cc1C(=O)N1CCCC(CNC(=O)c2ccccc2)C1.Cl. The maximum atomic E-state index is 12.9. The molecular weight excluding hydrogens is 362 g/mol. The molecule has 2 aromatic rings. The van der Waals surface area contributed by atoms with Crippen molar-refractivity contribution in [1.82, 2.24) is 10.2 Å². The van der Waals surface area contributed by atoms with Gasteiger partial charge in [-0.2, -0.15) is 0 Å². The van der Waals surface area contributed by atoms with Gasteiger partial charge in [0.15, 0.2) is 0 Å². The Morgan fingerprint density at radius 2 is 1.93 bits per heavy atom. The molecule has 0 aliphatic carbocycles. The highest BCUT2D eigenvalue weighted by Gasteiger charge is 2.25. The van der Waals surface area contributed by atoms with Gasteiger partial charge in [0.1, 0.15) is 0 Å². The summed E-state index contributed by atoms with van der Waals surface area (Å²) in [5.41, 5.74) is 8.70. The number of nitrogens with two attached hydrogens (primary N) is 1. The van der Waals surface area contributed by atoms with Crippen LogP contribution in [0.1, 0.15) is 39.1 Å². The van der Waals surface area contributed by atoms with E-state index in [0.717, 1.165) is 24.9 Å². The molecule has 1 unspecified atom stereocenters. The van der Waals surface area contributed by atoms with E-state index in [1.165, 1.54) is 0 Å². The summed E-state index contributed by atoms with van der Waals surface area (Å²) in [6.07, 6.45) is 1.95. The number of carbonyl (C=O) groups excluding carboxylic acids is 2. The number of benzene rings is 2. The monoisotopic (exact) mass is 387 g/mol. The van der Waals surface area contributed by atoms with Crippen LogP contribution >= 0.6 is 12.4 Å². The first kappa shape index (κ1) is 20.8. The van der Waals surface area contributed by atoms with Crippen LogP contribution in [0.25, 0.3) is 0 Å². The van der Waals surface area contributed by atoms with Crippen molar-refractivity contribution in [3.05, 3.63) is 65.2 Å². The number of aryl methyl sites for hydroxylation is 1. The number of likely N-dealkylation sites (tertiary alicyclic amines) is 1. The number of piperidine rings is 1. The predicted octanol–water partition coefficient (Wildman–Crippen LogP) is 3.28. The summed E-state index contributed by atoms with van der Waals surface area (Å²) in [6.45, 7) is 3.90. The first-order valence-corrected chi connectivity index (χ1v) is 9.03. The zero-order valence-electron chi connectivity index (χ0n) is 15.5. The highest BCUT2D eigenvalue weighted by atomic mass is 35.5. The van der Waals surface area contributed by atoms with Gasteiger partial charge >= 0.3 is 0 Å². The molecule has 1 fully saturated rings. The van der Waals surface area contributed by atoms with Crippen LogP contribution in [0.15, 0.2) is 48.5 Å². The standard InChI is InChI=1S/C21H25N3O2.ClH/c1-15-9-10-18(22)12-19(15)21(26)24-11-5-6-16(14-24)13-23-20(25)17-7-3-2-4-8-17;/h2-4,7-10,12,16H,5-6,11,13-14,22H2,1H3,(H,23,25);1H. The van der Waals surface area contributed by atoms with Gasteiger partial charge in [0.05, 0.1) is 0 Å². The maximum Gasteiger partial charge on any atom is 0.254 e. The number of carbonyl (C=O) groups is 2. The number of nitrogens with one attached hydrogen (secondary N) is 1. The number of nitrogens with zero attached hydrogens (tertiary/aromatic N) is 1. The molecule has 0 spiro atoms. The fourth-order valence-electron chi connectivity index (χ4n) is 3.39. The Hall–Kier alpha value is -2.53. The summed E-state index contributed by atoms with van der Waals surface area (Å²) in [5, 5.41) is 2.99. The van der Waals surface area contributed by atoms with Gasteiger partial charge in [0, 0.05) is 36.4 Å². The minimum Gasteiger partial charge on any atom is -0.399 e. The summed E-state index contributed by atoms with van der Waals surface area (Å²) < 4.78 is 0. The highest BCUT2D eigenvalue weighted by molar-refractivity contribution is 5.96. The number of hydrogen-bond acceptors (Lipinski definition) is 3. The van der Waals surface area contributed by atoms with E-state index >= 15 is 0 Å². The van der Waals surface area contributed by atoms with Crippen molar-refractivity contribution in [2.75, 3.05) is 25.4 Å². The molecule has 1 aliphatic rings. The smallest absolute Gasteiger partial charge is 0.254 e. The molecule has 0 aromatic heterocycles. The fourth-order valence-corrected chi connectivity index (χ4v) is 3.39. The predicted molar refractivity (Wildman–Crippen MR) is 110 cm³/mol. The number of anilines is 1. The van der Waals surface area contributed by atoms with Crippen molar-refractivity contribution < 1.29 is 9.59 Å². The van der Waals surface area contributed by atoms with Crippen molar-refractivity contribution in [2.45, 2.75) is 19.8 Å². The average molecular weight is 388 g/mol. The van der Waals surface area contributed by atoms with Crippen LogP contribution in [0.3, 0.4) is 0 Å². The van der Waals surface area contributed by atoms with E-state index in [1.807, 2.05) is 42.2 Å². The summed E-state index contributed by atoms with van der Waals surface area (Å²) in [7, 11) is 0. The zero-order chi connectivity index (χ0) is 18.5. The van der Waals surface area contributed by atoms with Crippen molar-refractivity contribution in [2.24, 2.45) is 5.92 Å². The van der Waals surface area contributed by atoms with Crippen LogP contribution in [-0.4, -0.2) is 36.3 Å². The number of amides is 2. The molecular formula is C21H26ClN3O2. The van der Waals surface area contributed by atoms with E-state index in [-0.39, 0.29) is 30.1 Å². The number of hydrogen-bond donors (Lipinski definition) is 2. The first-order valence-electron chi connectivity index (χ1n) is 9.03. The Morgan fingerprint density at radius 1 is 1.19 bits per heavy atom. The van der Waals surface area contributed by atoms with Gasteiger partial charge in [-0.15, -0.1) is 12.4 Å². The van der Waals surface area contributed by atoms with Gasteiger partial charge in [0.25, 0.3) is 11.8 Å². The van der Waals surface area contributed by atoms with E-state index in [1.54, 1.807) is 18.2 Å². The van der Waals surface area contributed by atoms with Gasteiger partial charge in [-0.3, -0.25) is 9.59 Å². The number of rotatable bonds is 4. The summed E-state index contributed by atoms with van der Waals surface area (Å²) in [6, 6.07) is 14.6. The zero-order valence-corrected chi connectivity index (χ0v) is 16.3. The van der Waals surface area contributed by atoms with Crippen molar-refractivity contribution in [3.63, 3.8) is 0 Å². The first-order chi connectivity index (χ1) is 12.5. The molecule has 1 heterocycles. The summed E-state index contributed by atoms with van der Waals surface area (Å²) >= 11 is 0. The molecule has 1 atom stereocenters. The average Bonchev–Trinajstić information content (AvgIpc) is 2.68. The largest absolute Gasteiger partial charge is 0.399 e. The van der Waals surface area contributed by atoms with Gasteiger partial charge in [-0.05, 0) is 55.5 Å². The highest BCUT2D eigenvalue weighted by Crippen LogP contribution is 2.21. The molecule has 1 saturated heterocycles. The van der Waals surface area contributed by atoms with Crippen molar-refractivity contribution in [1.29, 1.82) is 0 Å². The molecule has 2 aromatic carbocycles. The lowest BCUT2D eigenvalue weighted by molar-refractivity contribution is 0.0670. The number of halogens is 1. The quantitative estimate of drug-likeness (QED) is 0.790. The van der Waals surface area contributed by atoms with Crippen LogP contribution in [0.4, 0.5) is 5.69 Å². The van der Waals surface area contributed by atoms with Crippen LogP contribution in [0.5, 0.6) is 0 Å². The molecule has 2 amide bonds. The number of nitrogen functional groups attached to an aromatic ring is 1. The summed E-state index contributed by atoms with van der Waals surface area (Å²) in [5.74, 6) is 0.219. The molecule has 6 heteroatoms. The van der Waals surface area contributed by atoms with Crippen LogP contribution in [0, 0.1) is 12.8 Å².